The lowest BCUT2D eigenvalue weighted by atomic mass is 10.1. The number of carbonyl (C=O) groups excluding carboxylic acids is 1. The summed E-state index contributed by atoms with van der Waals surface area (Å²) >= 11 is 0. The third-order valence-electron chi connectivity index (χ3n) is 1.80. The van der Waals surface area contributed by atoms with Gasteiger partial charge in [0.05, 0.1) is 0 Å². The molecule has 0 bridgehead atoms. The van der Waals surface area contributed by atoms with E-state index < -0.39 is 0 Å². The number of nitrogens with zero attached hydrogens (tertiary/aromatic N) is 1. The van der Waals surface area contributed by atoms with Crippen LogP contribution in [-0.2, 0) is 4.79 Å². The summed E-state index contributed by atoms with van der Waals surface area (Å²) in [5.74, 6) is 0.231. The second-order valence-corrected chi connectivity index (χ2v) is 2.57. The molecule has 0 aromatic rings. The van der Waals surface area contributed by atoms with Gasteiger partial charge in [-0.25, -0.2) is 0 Å². The van der Waals surface area contributed by atoms with Crippen LogP contribution in [0.15, 0.2) is 0 Å². The van der Waals surface area contributed by atoms with Crippen molar-refractivity contribution >= 4 is 5.91 Å². The largest absolute Gasteiger partial charge is 0.343 e. The number of piperidine rings is 1. The zero-order chi connectivity index (χ0) is 10.7. The quantitative estimate of drug-likeness (QED) is 0.570. The molecule has 2 nitrogen and oxygen atoms in total. The lowest BCUT2D eigenvalue weighted by molar-refractivity contribution is -0.129. The van der Waals surface area contributed by atoms with E-state index in [0.29, 0.717) is 0 Å². The molecular weight excluding hydrogens is 162 g/mol. The lowest BCUT2D eigenvalue weighted by Gasteiger charge is -2.24. The van der Waals surface area contributed by atoms with Gasteiger partial charge in [-0.15, -0.1) is 0 Å². The van der Waals surface area contributed by atoms with Crippen LogP contribution in [0.1, 0.15) is 53.9 Å². The number of amides is 1. The average molecular weight is 187 g/mol. The maximum atomic E-state index is 10.7. The number of hydrogen-bond donors (Lipinski definition) is 0. The summed E-state index contributed by atoms with van der Waals surface area (Å²) in [6, 6.07) is 0. The van der Waals surface area contributed by atoms with Crippen LogP contribution in [0.25, 0.3) is 0 Å². The van der Waals surface area contributed by atoms with E-state index in [1.165, 1.54) is 19.3 Å². The molecule has 1 aliphatic heterocycles. The standard InChI is InChI=1S/C7H13NO.2C2H6/c1-7(9)8-5-3-2-4-6-8;2*1-2/h2-6H2,1H3;2*1-2H3. The highest BCUT2D eigenvalue weighted by Gasteiger charge is 2.10. The second kappa shape index (κ2) is 11.5. The van der Waals surface area contributed by atoms with Gasteiger partial charge in [0.15, 0.2) is 0 Å². The molecule has 0 N–H and O–H groups in total. The van der Waals surface area contributed by atoms with Gasteiger partial charge in [0.1, 0.15) is 0 Å². The summed E-state index contributed by atoms with van der Waals surface area (Å²) in [6.45, 7) is 11.6. The van der Waals surface area contributed by atoms with E-state index in [2.05, 4.69) is 0 Å². The molecule has 80 valence electrons. The molecule has 0 unspecified atom stereocenters. The summed E-state index contributed by atoms with van der Waals surface area (Å²) in [5, 5.41) is 0. The topological polar surface area (TPSA) is 20.3 Å². The van der Waals surface area contributed by atoms with E-state index in [1.54, 1.807) is 6.92 Å². The highest BCUT2D eigenvalue weighted by Crippen LogP contribution is 2.07. The van der Waals surface area contributed by atoms with Gasteiger partial charge in [-0.2, -0.15) is 0 Å². The minimum Gasteiger partial charge on any atom is -0.343 e. The van der Waals surface area contributed by atoms with Crippen molar-refractivity contribution in [1.82, 2.24) is 4.90 Å². The zero-order valence-corrected chi connectivity index (χ0v) is 9.89. The molecule has 0 aromatic carbocycles. The van der Waals surface area contributed by atoms with Crippen molar-refractivity contribution < 1.29 is 4.79 Å². The van der Waals surface area contributed by atoms with Crippen LogP contribution in [0, 0.1) is 0 Å². The van der Waals surface area contributed by atoms with Gasteiger partial charge in [0, 0.05) is 20.0 Å². The van der Waals surface area contributed by atoms with Crippen molar-refractivity contribution in [3.05, 3.63) is 0 Å². The second-order valence-electron chi connectivity index (χ2n) is 2.57. The van der Waals surface area contributed by atoms with Crippen molar-refractivity contribution in [2.45, 2.75) is 53.9 Å². The molecule has 2 heteroatoms. The Kier molecular flexibility index (Phi) is 13.2. The van der Waals surface area contributed by atoms with Gasteiger partial charge in [-0.05, 0) is 19.3 Å². The monoisotopic (exact) mass is 187 g/mol. The van der Waals surface area contributed by atoms with Crippen molar-refractivity contribution in [2.75, 3.05) is 13.1 Å². The molecule has 0 atom stereocenters. The summed E-state index contributed by atoms with van der Waals surface area (Å²) in [6.07, 6.45) is 3.68. The predicted molar refractivity (Wildman–Crippen MR) is 58.8 cm³/mol. The molecule has 1 amide bonds. The first-order valence-electron chi connectivity index (χ1n) is 5.56. The van der Waals surface area contributed by atoms with Gasteiger partial charge in [0.25, 0.3) is 0 Å². The molecular formula is C11H25NO. The fourth-order valence-corrected chi connectivity index (χ4v) is 1.21. The third kappa shape index (κ3) is 7.82. The Bertz CT molecular complexity index is 107. The van der Waals surface area contributed by atoms with E-state index in [9.17, 15) is 4.79 Å². The smallest absolute Gasteiger partial charge is 0.219 e. The fraction of sp³-hybridized carbons (Fsp3) is 0.909. The molecule has 0 radical (unpaired) electrons. The first-order valence-corrected chi connectivity index (χ1v) is 5.56. The molecule has 1 saturated heterocycles. The minimum absolute atomic E-state index is 0.231. The van der Waals surface area contributed by atoms with E-state index in [1.807, 2.05) is 32.6 Å². The fourth-order valence-electron chi connectivity index (χ4n) is 1.21. The van der Waals surface area contributed by atoms with Gasteiger partial charge in [0.2, 0.25) is 5.91 Å². The SMILES string of the molecule is CC.CC.CC(=O)N1CCCCC1. The molecule has 0 saturated carbocycles. The molecule has 0 aliphatic carbocycles. The van der Waals surface area contributed by atoms with Crippen LogP contribution in [0.4, 0.5) is 0 Å². The average Bonchev–Trinajstić information content (AvgIpc) is 2.25. The van der Waals surface area contributed by atoms with Crippen LogP contribution >= 0.6 is 0 Å². The maximum Gasteiger partial charge on any atom is 0.219 e. The summed E-state index contributed by atoms with van der Waals surface area (Å²) in [4.78, 5) is 12.6. The Morgan fingerprint density at radius 2 is 1.31 bits per heavy atom. The van der Waals surface area contributed by atoms with Crippen molar-refractivity contribution in [1.29, 1.82) is 0 Å². The third-order valence-corrected chi connectivity index (χ3v) is 1.80. The van der Waals surface area contributed by atoms with E-state index in [-0.39, 0.29) is 5.91 Å². The van der Waals surface area contributed by atoms with Crippen LogP contribution in [-0.4, -0.2) is 23.9 Å². The number of likely N-dealkylation sites (tertiary alicyclic amines) is 1. The van der Waals surface area contributed by atoms with Crippen LogP contribution < -0.4 is 0 Å². The minimum atomic E-state index is 0.231. The zero-order valence-electron chi connectivity index (χ0n) is 9.89. The van der Waals surface area contributed by atoms with Crippen molar-refractivity contribution in [3.8, 4) is 0 Å². The van der Waals surface area contributed by atoms with Crippen LogP contribution in [0.5, 0.6) is 0 Å². The normalized spacial score (nSPS) is 14.7. The molecule has 1 heterocycles. The Labute approximate surface area is 83.3 Å². The summed E-state index contributed by atoms with van der Waals surface area (Å²) in [7, 11) is 0. The van der Waals surface area contributed by atoms with Gasteiger partial charge < -0.3 is 4.90 Å². The number of rotatable bonds is 0. The first kappa shape index (κ1) is 15.0. The van der Waals surface area contributed by atoms with Gasteiger partial charge >= 0.3 is 0 Å². The Balaban J connectivity index is 0. The Morgan fingerprint density at radius 1 is 0.923 bits per heavy atom. The van der Waals surface area contributed by atoms with E-state index >= 15 is 0 Å². The molecule has 1 fully saturated rings. The van der Waals surface area contributed by atoms with Crippen LogP contribution in [0.3, 0.4) is 0 Å². The summed E-state index contributed by atoms with van der Waals surface area (Å²) < 4.78 is 0. The lowest BCUT2D eigenvalue weighted by Crippen LogP contribution is -2.33. The first-order chi connectivity index (χ1) is 6.30. The van der Waals surface area contributed by atoms with Gasteiger partial charge in [-0.1, -0.05) is 27.7 Å². The Hall–Kier alpha value is -0.530. The molecule has 0 aromatic heterocycles. The van der Waals surface area contributed by atoms with Gasteiger partial charge in [-0.3, -0.25) is 4.79 Å². The molecule has 13 heavy (non-hydrogen) atoms. The molecule has 1 aliphatic rings. The number of hydrogen-bond acceptors (Lipinski definition) is 1. The molecule has 0 spiro atoms. The number of carbonyl (C=O) groups is 1. The van der Waals surface area contributed by atoms with Crippen LogP contribution in [0.2, 0.25) is 0 Å². The van der Waals surface area contributed by atoms with E-state index in [0.717, 1.165) is 13.1 Å². The molecule has 1 rings (SSSR count). The Morgan fingerprint density at radius 3 is 1.54 bits per heavy atom. The predicted octanol–water partition coefficient (Wildman–Crippen LogP) is 3.07. The highest BCUT2D eigenvalue weighted by molar-refractivity contribution is 5.73. The van der Waals surface area contributed by atoms with Crippen molar-refractivity contribution in [3.63, 3.8) is 0 Å². The van der Waals surface area contributed by atoms with Crippen molar-refractivity contribution in [2.24, 2.45) is 0 Å². The summed E-state index contributed by atoms with van der Waals surface area (Å²) in [5.41, 5.74) is 0. The highest BCUT2D eigenvalue weighted by atomic mass is 16.2. The maximum absolute atomic E-state index is 10.7. The van der Waals surface area contributed by atoms with E-state index in [4.69, 9.17) is 0 Å².